The average molecular weight is 274 g/mol. The van der Waals surface area contributed by atoms with Crippen molar-refractivity contribution >= 4 is 17.5 Å². The first-order chi connectivity index (χ1) is 9.15. The van der Waals surface area contributed by atoms with Crippen molar-refractivity contribution in [1.29, 1.82) is 0 Å². The standard InChI is InChI=1S/C15H12ClNO2/c16-12-3-1-9(2-4-12)11-7-10-5-6-19-14(10)13(8-11)15(17)18/h1-4,7-8H,5-6H2,(H2,17,18). The number of carbonyl (C=O) groups is 1. The van der Waals surface area contributed by atoms with Gasteiger partial charge in [-0.3, -0.25) is 4.79 Å². The lowest BCUT2D eigenvalue weighted by Crippen LogP contribution is -2.12. The van der Waals surface area contributed by atoms with Crippen LogP contribution >= 0.6 is 11.6 Å². The summed E-state index contributed by atoms with van der Waals surface area (Å²) in [6, 6.07) is 11.3. The maximum Gasteiger partial charge on any atom is 0.252 e. The van der Waals surface area contributed by atoms with Crippen LogP contribution in [0.4, 0.5) is 0 Å². The monoisotopic (exact) mass is 273 g/mol. The highest BCUT2D eigenvalue weighted by atomic mass is 35.5. The highest BCUT2D eigenvalue weighted by Gasteiger charge is 2.21. The average Bonchev–Trinajstić information content (AvgIpc) is 2.86. The zero-order chi connectivity index (χ0) is 13.4. The molecule has 1 aliphatic heterocycles. The smallest absolute Gasteiger partial charge is 0.252 e. The summed E-state index contributed by atoms with van der Waals surface area (Å²) in [4.78, 5) is 11.5. The largest absolute Gasteiger partial charge is 0.492 e. The zero-order valence-corrected chi connectivity index (χ0v) is 10.9. The molecule has 0 spiro atoms. The Morgan fingerprint density at radius 2 is 1.89 bits per heavy atom. The molecule has 19 heavy (non-hydrogen) atoms. The van der Waals surface area contributed by atoms with E-state index in [4.69, 9.17) is 22.1 Å². The second-order valence-corrected chi connectivity index (χ2v) is 4.92. The minimum absolute atomic E-state index is 0.444. The number of primary amides is 1. The number of halogens is 1. The molecule has 0 aliphatic carbocycles. The molecule has 3 nitrogen and oxygen atoms in total. The van der Waals surface area contributed by atoms with Crippen LogP contribution in [-0.4, -0.2) is 12.5 Å². The van der Waals surface area contributed by atoms with Crippen molar-refractivity contribution in [1.82, 2.24) is 0 Å². The molecule has 1 amide bonds. The van der Waals surface area contributed by atoms with Gasteiger partial charge in [-0.2, -0.15) is 0 Å². The Labute approximate surface area is 115 Å². The van der Waals surface area contributed by atoms with E-state index in [0.29, 0.717) is 22.9 Å². The molecular weight excluding hydrogens is 262 g/mol. The number of amides is 1. The van der Waals surface area contributed by atoms with Crippen LogP contribution in [0.15, 0.2) is 36.4 Å². The van der Waals surface area contributed by atoms with E-state index >= 15 is 0 Å². The molecule has 2 aromatic carbocycles. The molecule has 0 bridgehead atoms. The number of fused-ring (bicyclic) bond motifs is 1. The molecule has 3 rings (SSSR count). The number of benzene rings is 2. The van der Waals surface area contributed by atoms with Crippen LogP contribution in [-0.2, 0) is 6.42 Å². The molecule has 96 valence electrons. The highest BCUT2D eigenvalue weighted by Crippen LogP contribution is 2.34. The number of hydrogen-bond acceptors (Lipinski definition) is 2. The van der Waals surface area contributed by atoms with Crippen molar-refractivity contribution in [2.45, 2.75) is 6.42 Å². The van der Waals surface area contributed by atoms with Crippen LogP contribution in [0.25, 0.3) is 11.1 Å². The quantitative estimate of drug-likeness (QED) is 0.914. The van der Waals surface area contributed by atoms with Crippen molar-refractivity contribution in [3.63, 3.8) is 0 Å². The Hall–Kier alpha value is -2.00. The topological polar surface area (TPSA) is 52.3 Å². The van der Waals surface area contributed by atoms with Gasteiger partial charge in [0.05, 0.1) is 12.2 Å². The maximum atomic E-state index is 11.5. The van der Waals surface area contributed by atoms with Gasteiger partial charge >= 0.3 is 0 Å². The summed E-state index contributed by atoms with van der Waals surface area (Å²) in [6.07, 6.45) is 0.803. The van der Waals surface area contributed by atoms with Crippen LogP contribution in [0, 0.1) is 0 Å². The molecule has 0 fully saturated rings. The highest BCUT2D eigenvalue weighted by molar-refractivity contribution is 6.30. The van der Waals surface area contributed by atoms with Crippen LogP contribution in [0.5, 0.6) is 5.75 Å². The molecule has 0 aromatic heterocycles. The lowest BCUT2D eigenvalue weighted by Gasteiger charge is -2.09. The fraction of sp³-hybridized carbons (Fsp3) is 0.133. The lowest BCUT2D eigenvalue weighted by atomic mass is 9.98. The maximum absolute atomic E-state index is 11.5. The van der Waals surface area contributed by atoms with Crippen molar-refractivity contribution in [3.05, 3.63) is 52.5 Å². The van der Waals surface area contributed by atoms with E-state index in [1.165, 1.54) is 0 Å². The van der Waals surface area contributed by atoms with Gasteiger partial charge in [0.2, 0.25) is 0 Å². The normalized spacial score (nSPS) is 12.9. The van der Waals surface area contributed by atoms with E-state index in [9.17, 15) is 4.79 Å². The van der Waals surface area contributed by atoms with Crippen molar-refractivity contribution in [3.8, 4) is 16.9 Å². The Bertz CT molecular complexity index is 650. The number of nitrogens with two attached hydrogens (primary N) is 1. The van der Waals surface area contributed by atoms with Gasteiger partial charge in [-0.15, -0.1) is 0 Å². The summed E-state index contributed by atoms with van der Waals surface area (Å²) in [6.45, 7) is 0.597. The van der Waals surface area contributed by atoms with Gasteiger partial charge in [0, 0.05) is 11.4 Å². The Kier molecular flexibility index (Phi) is 2.91. The molecule has 0 saturated carbocycles. The third-order valence-electron chi connectivity index (χ3n) is 3.23. The molecule has 2 aromatic rings. The van der Waals surface area contributed by atoms with Crippen LogP contribution in [0.3, 0.4) is 0 Å². The molecule has 0 unspecified atom stereocenters. The molecule has 0 saturated heterocycles. The van der Waals surface area contributed by atoms with E-state index in [1.807, 2.05) is 30.3 Å². The lowest BCUT2D eigenvalue weighted by molar-refractivity contribution is 0.0997. The third-order valence-corrected chi connectivity index (χ3v) is 3.48. The van der Waals surface area contributed by atoms with Crippen molar-refractivity contribution < 1.29 is 9.53 Å². The first-order valence-corrected chi connectivity index (χ1v) is 6.38. The molecule has 1 aliphatic rings. The zero-order valence-electron chi connectivity index (χ0n) is 10.2. The van der Waals surface area contributed by atoms with Crippen LogP contribution < -0.4 is 10.5 Å². The van der Waals surface area contributed by atoms with Crippen LogP contribution in [0.1, 0.15) is 15.9 Å². The van der Waals surface area contributed by atoms with Crippen LogP contribution in [0.2, 0.25) is 5.02 Å². The Morgan fingerprint density at radius 1 is 1.16 bits per heavy atom. The summed E-state index contributed by atoms with van der Waals surface area (Å²) >= 11 is 5.88. The van der Waals surface area contributed by atoms with Crippen molar-refractivity contribution in [2.24, 2.45) is 5.73 Å². The summed E-state index contributed by atoms with van der Waals surface area (Å²) in [5.74, 6) is 0.166. The number of ether oxygens (including phenoxy) is 1. The molecule has 0 radical (unpaired) electrons. The fourth-order valence-corrected chi connectivity index (χ4v) is 2.43. The SMILES string of the molecule is NC(=O)c1cc(-c2ccc(Cl)cc2)cc2c1OCC2. The Balaban J connectivity index is 2.15. The van der Waals surface area contributed by atoms with Gasteiger partial charge < -0.3 is 10.5 Å². The van der Waals surface area contributed by atoms with Gasteiger partial charge in [0.15, 0.2) is 0 Å². The second-order valence-electron chi connectivity index (χ2n) is 4.48. The minimum Gasteiger partial charge on any atom is -0.492 e. The summed E-state index contributed by atoms with van der Waals surface area (Å²) in [7, 11) is 0. The number of rotatable bonds is 2. The van der Waals surface area contributed by atoms with E-state index < -0.39 is 5.91 Å². The number of carbonyl (C=O) groups excluding carboxylic acids is 1. The summed E-state index contributed by atoms with van der Waals surface area (Å²) in [5.41, 5.74) is 8.85. The predicted molar refractivity (Wildman–Crippen MR) is 74.6 cm³/mol. The minimum atomic E-state index is -0.464. The van der Waals surface area contributed by atoms with E-state index in [2.05, 4.69) is 0 Å². The van der Waals surface area contributed by atoms with E-state index in [-0.39, 0.29) is 0 Å². The molecule has 0 atom stereocenters. The van der Waals surface area contributed by atoms with Gasteiger partial charge in [-0.05, 0) is 41.0 Å². The number of hydrogen-bond donors (Lipinski definition) is 1. The molecule has 4 heteroatoms. The molecular formula is C15H12ClNO2. The van der Waals surface area contributed by atoms with E-state index in [0.717, 1.165) is 23.1 Å². The summed E-state index contributed by atoms with van der Waals surface area (Å²) < 4.78 is 5.48. The second kappa shape index (κ2) is 4.59. The van der Waals surface area contributed by atoms with Gasteiger partial charge in [0.25, 0.3) is 5.91 Å². The van der Waals surface area contributed by atoms with E-state index in [1.54, 1.807) is 6.07 Å². The predicted octanol–water partition coefficient (Wildman–Crippen LogP) is 3.04. The third kappa shape index (κ3) is 2.17. The van der Waals surface area contributed by atoms with Gasteiger partial charge in [-0.25, -0.2) is 0 Å². The van der Waals surface area contributed by atoms with Crippen molar-refractivity contribution in [2.75, 3.05) is 6.61 Å². The van der Waals surface area contributed by atoms with Gasteiger partial charge in [0.1, 0.15) is 5.75 Å². The fourth-order valence-electron chi connectivity index (χ4n) is 2.30. The first-order valence-electron chi connectivity index (χ1n) is 6.00. The first kappa shape index (κ1) is 12.1. The molecule has 2 N–H and O–H groups in total. The molecule has 1 heterocycles. The summed E-state index contributed by atoms with van der Waals surface area (Å²) in [5, 5.41) is 0.684. The van der Waals surface area contributed by atoms with Gasteiger partial charge in [-0.1, -0.05) is 23.7 Å². The Morgan fingerprint density at radius 3 is 2.58 bits per heavy atom.